The molecule has 0 saturated carbocycles. The van der Waals surface area contributed by atoms with E-state index in [9.17, 15) is 4.79 Å². The number of carbonyl (C=O) groups excluding carboxylic acids is 1. The van der Waals surface area contributed by atoms with Crippen molar-refractivity contribution < 1.29 is 9.53 Å². The lowest BCUT2D eigenvalue weighted by atomic mass is 10.1. The maximum absolute atomic E-state index is 11.9. The second-order valence-electron chi connectivity index (χ2n) is 4.14. The van der Waals surface area contributed by atoms with Gasteiger partial charge in [0.15, 0.2) is 0 Å². The summed E-state index contributed by atoms with van der Waals surface area (Å²) in [5.41, 5.74) is 0. The lowest BCUT2D eigenvalue weighted by Crippen LogP contribution is -2.53. The Hall–Kier alpha value is -0.610. The third kappa shape index (κ3) is 2.07. The molecule has 4 heteroatoms. The van der Waals surface area contributed by atoms with Gasteiger partial charge in [0.25, 0.3) is 5.91 Å². The van der Waals surface area contributed by atoms with Crippen LogP contribution in [0.1, 0.15) is 19.8 Å². The highest BCUT2D eigenvalue weighted by atomic mass is 16.5. The minimum atomic E-state index is -0.153. The van der Waals surface area contributed by atoms with Crippen molar-refractivity contribution in [1.29, 1.82) is 0 Å². The molecule has 2 heterocycles. The highest BCUT2D eigenvalue weighted by Crippen LogP contribution is 2.15. The number of nitrogens with zero attached hydrogens (tertiary/aromatic N) is 1. The minimum Gasteiger partial charge on any atom is -0.368 e. The van der Waals surface area contributed by atoms with Crippen molar-refractivity contribution in [2.24, 2.45) is 0 Å². The van der Waals surface area contributed by atoms with E-state index in [0.29, 0.717) is 6.04 Å². The summed E-state index contributed by atoms with van der Waals surface area (Å²) in [6, 6.07) is 0.411. The third-order valence-corrected chi connectivity index (χ3v) is 2.89. The van der Waals surface area contributed by atoms with E-state index in [2.05, 4.69) is 12.2 Å². The molecule has 0 unspecified atom stereocenters. The zero-order valence-electron chi connectivity index (χ0n) is 8.66. The lowest BCUT2D eigenvalue weighted by molar-refractivity contribution is -0.142. The van der Waals surface area contributed by atoms with Crippen LogP contribution in [0.15, 0.2) is 0 Å². The first-order chi connectivity index (χ1) is 6.77. The summed E-state index contributed by atoms with van der Waals surface area (Å²) in [6.07, 6.45) is 1.77. The highest BCUT2D eigenvalue weighted by molar-refractivity contribution is 5.81. The Morgan fingerprint density at radius 2 is 2.43 bits per heavy atom. The van der Waals surface area contributed by atoms with Crippen molar-refractivity contribution in [3.8, 4) is 0 Å². The SMILES string of the molecule is C[C@H]1CN(C(=O)[C@@H]2CCCO2)CCN1. The van der Waals surface area contributed by atoms with Gasteiger partial charge in [0.2, 0.25) is 0 Å². The molecule has 0 radical (unpaired) electrons. The summed E-state index contributed by atoms with van der Waals surface area (Å²) in [5.74, 6) is 0.191. The Balaban J connectivity index is 1.89. The average molecular weight is 198 g/mol. The molecule has 2 saturated heterocycles. The molecule has 2 atom stereocenters. The first-order valence-electron chi connectivity index (χ1n) is 5.41. The summed E-state index contributed by atoms with van der Waals surface area (Å²) in [7, 11) is 0. The molecule has 2 fully saturated rings. The standard InChI is InChI=1S/C10H18N2O2/c1-8-7-12(5-4-11-8)10(13)9-3-2-6-14-9/h8-9,11H,2-7H2,1H3/t8-,9-/m0/s1. The van der Waals surface area contributed by atoms with E-state index in [0.717, 1.165) is 39.1 Å². The van der Waals surface area contributed by atoms with Gasteiger partial charge >= 0.3 is 0 Å². The van der Waals surface area contributed by atoms with Crippen LogP contribution in [-0.4, -0.2) is 49.2 Å². The molecular formula is C10H18N2O2. The fraction of sp³-hybridized carbons (Fsp3) is 0.900. The average Bonchev–Trinajstić information content (AvgIpc) is 2.69. The molecule has 80 valence electrons. The molecule has 14 heavy (non-hydrogen) atoms. The Morgan fingerprint density at radius 1 is 1.57 bits per heavy atom. The van der Waals surface area contributed by atoms with Gasteiger partial charge in [-0.2, -0.15) is 0 Å². The molecule has 2 aliphatic heterocycles. The zero-order chi connectivity index (χ0) is 9.97. The predicted molar refractivity (Wildman–Crippen MR) is 53.0 cm³/mol. The van der Waals surface area contributed by atoms with Gasteiger partial charge in [-0.15, -0.1) is 0 Å². The summed E-state index contributed by atoms with van der Waals surface area (Å²) in [5, 5.41) is 3.32. The van der Waals surface area contributed by atoms with Crippen LogP contribution in [0.3, 0.4) is 0 Å². The smallest absolute Gasteiger partial charge is 0.251 e. The van der Waals surface area contributed by atoms with Gasteiger partial charge in [0.1, 0.15) is 6.10 Å². The first-order valence-corrected chi connectivity index (χ1v) is 5.41. The Labute approximate surface area is 84.6 Å². The Bertz CT molecular complexity index is 214. The van der Waals surface area contributed by atoms with E-state index in [-0.39, 0.29) is 12.0 Å². The second kappa shape index (κ2) is 4.28. The van der Waals surface area contributed by atoms with Crippen molar-refractivity contribution in [3.63, 3.8) is 0 Å². The molecular weight excluding hydrogens is 180 g/mol. The number of carbonyl (C=O) groups is 1. The molecule has 1 amide bonds. The van der Waals surface area contributed by atoms with E-state index >= 15 is 0 Å². The van der Waals surface area contributed by atoms with E-state index in [1.54, 1.807) is 0 Å². The van der Waals surface area contributed by atoms with Gasteiger partial charge < -0.3 is 15.0 Å². The number of amides is 1. The summed E-state index contributed by atoms with van der Waals surface area (Å²) < 4.78 is 5.39. The maximum atomic E-state index is 11.9. The number of piperazine rings is 1. The minimum absolute atomic E-state index is 0.153. The van der Waals surface area contributed by atoms with Crippen LogP contribution in [0.4, 0.5) is 0 Å². The van der Waals surface area contributed by atoms with E-state index < -0.39 is 0 Å². The van der Waals surface area contributed by atoms with Crippen LogP contribution in [0, 0.1) is 0 Å². The fourth-order valence-corrected chi connectivity index (χ4v) is 2.11. The largest absolute Gasteiger partial charge is 0.368 e. The molecule has 0 spiro atoms. The second-order valence-corrected chi connectivity index (χ2v) is 4.14. The molecule has 0 aromatic carbocycles. The highest BCUT2D eigenvalue weighted by Gasteiger charge is 2.30. The van der Waals surface area contributed by atoms with E-state index in [1.165, 1.54) is 0 Å². The molecule has 1 N–H and O–H groups in total. The summed E-state index contributed by atoms with van der Waals surface area (Å²) >= 11 is 0. The zero-order valence-corrected chi connectivity index (χ0v) is 8.66. The summed E-state index contributed by atoms with van der Waals surface area (Å²) in [4.78, 5) is 13.8. The number of rotatable bonds is 1. The molecule has 4 nitrogen and oxygen atoms in total. The van der Waals surface area contributed by atoms with E-state index in [1.807, 2.05) is 4.90 Å². The number of ether oxygens (including phenoxy) is 1. The maximum Gasteiger partial charge on any atom is 0.251 e. The van der Waals surface area contributed by atoms with Crippen LogP contribution < -0.4 is 5.32 Å². The van der Waals surface area contributed by atoms with Crippen LogP contribution >= 0.6 is 0 Å². The van der Waals surface area contributed by atoms with Crippen LogP contribution in [0.2, 0.25) is 0 Å². The van der Waals surface area contributed by atoms with Crippen molar-refractivity contribution in [3.05, 3.63) is 0 Å². The topological polar surface area (TPSA) is 41.6 Å². The first kappa shape index (κ1) is 9.93. The van der Waals surface area contributed by atoms with Gasteiger partial charge in [-0.25, -0.2) is 0 Å². The van der Waals surface area contributed by atoms with Crippen LogP contribution in [0.5, 0.6) is 0 Å². The van der Waals surface area contributed by atoms with Crippen molar-refractivity contribution in [2.75, 3.05) is 26.2 Å². The third-order valence-electron chi connectivity index (χ3n) is 2.89. The number of hydrogen-bond donors (Lipinski definition) is 1. The van der Waals surface area contributed by atoms with Gasteiger partial charge in [-0.3, -0.25) is 4.79 Å². The Kier molecular flexibility index (Phi) is 3.03. The van der Waals surface area contributed by atoms with Crippen molar-refractivity contribution in [1.82, 2.24) is 10.2 Å². The van der Waals surface area contributed by atoms with Gasteiger partial charge in [-0.1, -0.05) is 0 Å². The van der Waals surface area contributed by atoms with Crippen LogP contribution in [-0.2, 0) is 9.53 Å². The molecule has 0 aromatic rings. The van der Waals surface area contributed by atoms with Gasteiger partial charge in [0, 0.05) is 32.3 Å². The lowest BCUT2D eigenvalue weighted by Gasteiger charge is -2.33. The van der Waals surface area contributed by atoms with Crippen molar-refractivity contribution >= 4 is 5.91 Å². The quantitative estimate of drug-likeness (QED) is 0.644. The predicted octanol–water partition coefficient (Wildman–Crippen LogP) is -0.0143. The fourth-order valence-electron chi connectivity index (χ4n) is 2.11. The van der Waals surface area contributed by atoms with Gasteiger partial charge in [0.05, 0.1) is 0 Å². The van der Waals surface area contributed by atoms with E-state index in [4.69, 9.17) is 4.74 Å². The molecule has 0 bridgehead atoms. The molecule has 0 aliphatic carbocycles. The van der Waals surface area contributed by atoms with Crippen LogP contribution in [0.25, 0.3) is 0 Å². The monoisotopic (exact) mass is 198 g/mol. The summed E-state index contributed by atoms with van der Waals surface area (Å²) in [6.45, 7) is 5.40. The number of nitrogens with one attached hydrogen (secondary N) is 1. The molecule has 2 aliphatic rings. The Morgan fingerprint density at radius 3 is 3.07 bits per heavy atom. The molecule has 2 rings (SSSR count). The normalized spacial score (nSPS) is 33.4. The molecule has 0 aromatic heterocycles. The van der Waals surface area contributed by atoms with Crippen molar-refractivity contribution in [2.45, 2.75) is 31.9 Å². The van der Waals surface area contributed by atoms with Gasteiger partial charge in [-0.05, 0) is 19.8 Å². The number of hydrogen-bond acceptors (Lipinski definition) is 3.